The van der Waals surface area contributed by atoms with E-state index in [-0.39, 0.29) is 11.8 Å². The Balaban J connectivity index is 1.62. The summed E-state index contributed by atoms with van der Waals surface area (Å²) in [4.78, 5) is 26.4. The number of fused-ring (bicyclic) bond motifs is 1. The standard InChI is InChI=1S/C15H16N2O2S2/c1-9-4-5-11-10(7-9)8-13(21-11)15(19)17-16-14(18)12-3-2-6-20-12/h2-3,6,8-9H,4-5,7H2,1H3,(H,16,18)(H,17,19). The van der Waals surface area contributed by atoms with Crippen LogP contribution in [0.3, 0.4) is 0 Å². The van der Waals surface area contributed by atoms with Crippen LogP contribution in [0.15, 0.2) is 23.6 Å². The summed E-state index contributed by atoms with van der Waals surface area (Å²) in [6, 6.07) is 5.48. The van der Waals surface area contributed by atoms with E-state index in [0.717, 1.165) is 12.8 Å². The van der Waals surface area contributed by atoms with Crippen LogP contribution in [0.4, 0.5) is 0 Å². The Hall–Kier alpha value is -1.66. The number of carbonyl (C=O) groups is 2. The summed E-state index contributed by atoms with van der Waals surface area (Å²) >= 11 is 2.87. The molecule has 1 aliphatic carbocycles. The van der Waals surface area contributed by atoms with E-state index in [2.05, 4.69) is 17.8 Å². The lowest BCUT2D eigenvalue weighted by Gasteiger charge is -2.16. The first-order valence-electron chi connectivity index (χ1n) is 6.89. The van der Waals surface area contributed by atoms with Crippen molar-refractivity contribution in [3.8, 4) is 0 Å². The molecule has 2 aromatic heterocycles. The molecule has 0 radical (unpaired) electrons. The van der Waals surface area contributed by atoms with Gasteiger partial charge in [-0.2, -0.15) is 0 Å². The Morgan fingerprint density at radius 1 is 1.24 bits per heavy atom. The number of rotatable bonds is 2. The van der Waals surface area contributed by atoms with E-state index in [1.807, 2.05) is 11.4 Å². The number of nitrogens with one attached hydrogen (secondary N) is 2. The lowest BCUT2D eigenvalue weighted by atomic mass is 9.90. The Kier molecular flexibility index (Phi) is 4.07. The summed E-state index contributed by atoms with van der Waals surface area (Å²) < 4.78 is 0. The van der Waals surface area contributed by atoms with Gasteiger partial charge in [0.05, 0.1) is 9.75 Å². The minimum absolute atomic E-state index is 0.244. The van der Waals surface area contributed by atoms with Gasteiger partial charge in [-0.1, -0.05) is 13.0 Å². The minimum atomic E-state index is -0.284. The normalized spacial score (nSPS) is 17.1. The van der Waals surface area contributed by atoms with E-state index in [1.54, 1.807) is 12.1 Å². The second kappa shape index (κ2) is 5.99. The largest absolute Gasteiger partial charge is 0.279 e. The van der Waals surface area contributed by atoms with Crippen molar-refractivity contribution in [2.75, 3.05) is 0 Å². The molecule has 0 aliphatic heterocycles. The smallest absolute Gasteiger partial charge is 0.266 e. The number of carbonyl (C=O) groups excluding carboxylic acids is 2. The van der Waals surface area contributed by atoms with Crippen LogP contribution in [0.2, 0.25) is 0 Å². The first-order chi connectivity index (χ1) is 10.1. The lowest BCUT2D eigenvalue weighted by molar-refractivity contribution is 0.0851. The Morgan fingerprint density at radius 3 is 2.71 bits per heavy atom. The van der Waals surface area contributed by atoms with Crippen molar-refractivity contribution < 1.29 is 9.59 Å². The molecule has 0 bridgehead atoms. The van der Waals surface area contributed by atoms with Gasteiger partial charge in [-0.15, -0.1) is 22.7 Å². The van der Waals surface area contributed by atoms with Crippen LogP contribution < -0.4 is 10.9 Å². The minimum Gasteiger partial charge on any atom is -0.266 e. The number of hydrogen-bond acceptors (Lipinski definition) is 4. The monoisotopic (exact) mass is 320 g/mol. The fourth-order valence-corrected chi connectivity index (χ4v) is 4.18. The number of hydrazine groups is 1. The van der Waals surface area contributed by atoms with Crippen LogP contribution in [0.5, 0.6) is 0 Å². The fourth-order valence-electron chi connectivity index (χ4n) is 2.46. The predicted molar refractivity (Wildman–Crippen MR) is 84.8 cm³/mol. The molecule has 4 nitrogen and oxygen atoms in total. The first-order valence-corrected chi connectivity index (χ1v) is 8.59. The van der Waals surface area contributed by atoms with E-state index >= 15 is 0 Å². The van der Waals surface area contributed by atoms with Crippen molar-refractivity contribution >= 4 is 34.5 Å². The third-order valence-electron chi connectivity index (χ3n) is 3.59. The molecule has 2 aromatic rings. The van der Waals surface area contributed by atoms with Gasteiger partial charge in [0.1, 0.15) is 0 Å². The molecule has 0 spiro atoms. The van der Waals surface area contributed by atoms with Gasteiger partial charge in [-0.05, 0) is 48.3 Å². The van der Waals surface area contributed by atoms with Crippen LogP contribution in [-0.2, 0) is 12.8 Å². The van der Waals surface area contributed by atoms with Gasteiger partial charge >= 0.3 is 0 Å². The lowest BCUT2D eigenvalue weighted by Crippen LogP contribution is -2.41. The Labute approximate surface area is 131 Å². The highest BCUT2D eigenvalue weighted by Gasteiger charge is 2.21. The highest BCUT2D eigenvalue weighted by molar-refractivity contribution is 7.14. The maximum Gasteiger partial charge on any atom is 0.279 e. The molecule has 2 N–H and O–H groups in total. The van der Waals surface area contributed by atoms with Crippen molar-refractivity contribution in [1.82, 2.24) is 10.9 Å². The van der Waals surface area contributed by atoms with Gasteiger partial charge in [-0.3, -0.25) is 20.4 Å². The Bertz CT molecular complexity index is 661. The summed E-state index contributed by atoms with van der Waals surface area (Å²) in [5.74, 6) is 0.154. The van der Waals surface area contributed by atoms with Gasteiger partial charge < -0.3 is 0 Å². The molecule has 0 saturated heterocycles. The van der Waals surface area contributed by atoms with Crippen LogP contribution in [-0.4, -0.2) is 11.8 Å². The van der Waals surface area contributed by atoms with E-state index in [1.165, 1.54) is 39.5 Å². The predicted octanol–water partition coefficient (Wildman–Crippen LogP) is 3.01. The van der Waals surface area contributed by atoms with Crippen LogP contribution in [0.25, 0.3) is 0 Å². The number of aryl methyl sites for hydroxylation is 1. The number of amides is 2. The highest BCUT2D eigenvalue weighted by Crippen LogP contribution is 2.32. The van der Waals surface area contributed by atoms with E-state index < -0.39 is 0 Å². The summed E-state index contributed by atoms with van der Waals surface area (Å²) in [6.07, 6.45) is 3.28. The maximum atomic E-state index is 12.1. The van der Waals surface area contributed by atoms with E-state index in [4.69, 9.17) is 0 Å². The molecule has 0 aromatic carbocycles. The third kappa shape index (κ3) is 3.16. The van der Waals surface area contributed by atoms with Crippen molar-refractivity contribution in [3.63, 3.8) is 0 Å². The molecule has 2 amide bonds. The molecular weight excluding hydrogens is 304 g/mol. The molecule has 1 atom stereocenters. The number of thiophene rings is 2. The van der Waals surface area contributed by atoms with Crippen molar-refractivity contribution in [1.29, 1.82) is 0 Å². The molecule has 1 aliphatic rings. The molecule has 1 unspecified atom stereocenters. The molecule has 0 saturated carbocycles. The first kappa shape index (κ1) is 14.3. The van der Waals surface area contributed by atoms with Gasteiger partial charge in [-0.25, -0.2) is 0 Å². The topological polar surface area (TPSA) is 58.2 Å². The third-order valence-corrected chi connectivity index (χ3v) is 5.69. The molecule has 2 heterocycles. The van der Waals surface area contributed by atoms with Crippen LogP contribution >= 0.6 is 22.7 Å². The molecule has 3 rings (SSSR count). The highest BCUT2D eigenvalue weighted by atomic mass is 32.1. The van der Waals surface area contributed by atoms with Crippen LogP contribution in [0.1, 0.15) is 43.1 Å². The maximum absolute atomic E-state index is 12.1. The van der Waals surface area contributed by atoms with Gasteiger partial charge in [0.15, 0.2) is 0 Å². The second-order valence-corrected chi connectivity index (χ2v) is 7.38. The summed E-state index contributed by atoms with van der Waals surface area (Å²) in [6.45, 7) is 2.24. The molecule has 21 heavy (non-hydrogen) atoms. The van der Waals surface area contributed by atoms with Crippen LogP contribution in [0, 0.1) is 5.92 Å². The van der Waals surface area contributed by atoms with Crippen molar-refractivity contribution in [3.05, 3.63) is 43.8 Å². The zero-order chi connectivity index (χ0) is 14.8. The van der Waals surface area contributed by atoms with E-state index in [0.29, 0.717) is 15.7 Å². The quantitative estimate of drug-likeness (QED) is 0.836. The summed E-state index contributed by atoms with van der Waals surface area (Å²) in [7, 11) is 0. The zero-order valence-corrected chi connectivity index (χ0v) is 13.3. The van der Waals surface area contributed by atoms with Crippen molar-refractivity contribution in [2.45, 2.75) is 26.2 Å². The van der Waals surface area contributed by atoms with Gasteiger partial charge in [0, 0.05) is 4.88 Å². The average molecular weight is 320 g/mol. The van der Waals surface area contributed by atoms with E-state index in [9.17, 15) is 9.59 Å². The zero-order valence-electron chi connectivity index (χ0n) is 11.6. The molecule has 110 valence electrons. The SMILES string of the molecule is CC1CCc2sc(C(=O)NNC(=O)c3cccs3)cc2C1. The fraction of sp³-hybridized carbons (Fsp3) is 0.333. The van der Waals surface area contributed by atoms with Gasteiger partial charge in [0.25, 0.3) is 11.8 Å². The Morgan fingerprint density at radius 2 is 2.00 bits per heavy atom. The second-order valence-electron chi connectivity index (χ2n) is 5.29. The number of hydrogen-bond donors (Lipinski definition) is 2. The average Bonchev–Trinajstić information content (AvgIpc) is 3.12. The van der Waals surface area contributed by atoms with Crippen molar-refractivity contribution in [2.24, 2.45) is 5.92 Å². The summed E-state index contributed by atoms with van der Waals surface area (Å²) in [5, 5.41) is 1.82. The molecule has 0 fully saturated rings. The van der Waals surface area contributed by atoms with Gasteiger partial charge in [0.2, 0.25) is 0 Å². The molecule has 6 heteroatoms. The summed E-state index contributed by atoms with van der Waals surface area (Å²) in [5.41, 5.74) is 6.22. The molecular formula is C15H16N2O2S2.